The van der Waals surface area contributed by atoms with Crippen molar-refractivity contribution in [2.24, 2.45) is 4.99 Å². The molecule has 0 aliphatic carbocycles. The van der Waals surface area contributed by atoms with Crippen LogP contribution in [0.1, 0.15) is 56.0 Å². The number of nitrogens with one attached hydrogen (secondary N) is 2. The SMILES string of the molecule is CCNC(=NCc1ccc(C)cc1)NCCCc1nc(C(C)C)no1.I. The van der Waals surface area contributed by atoms with Gasteiger partial charge in [0.15, 0.2) is 11.8 Å². The van der Waals surface area contributed by atoms with Crippen LogP contribution >= 0.6 is 24.0 Å². The Labute approximate surface area is 173 Å². The predicted octanol–water partition coefficient (Wildman–Crippen LogP) is 3.81. The summed E-state index contributed by atoms with van der Waals surface area (Å²) >= 11 is 0. The summed E-state index contributed by atoms with van der Waals surface area (Å²) in [7, 11) is 0. The van der Waals surface area contributed by atoms with Crippen molar-refractivity contribution in [3.8, 4) is 0 Å². The van der Waals surface area contributed by atoms with E-state index >= 15 is 0 Å². The molecule has 0 bridgehead atoms. The summed E-state index contributed by atoms with van der Waals surface area (Å²) in [5, 5.41) is 10.6. The highest BCUT2D eigenvalue weighted by atomic mass is 127. The van der Waals surface area contributed by atoms with E-state index in [1.807, 2.05) is 0 Å². The molecule has 1 heterocycles. The maximum Gasteiger partial charge on any atom is 0.226 e. The average Bonchev–Trinajstić information content (AvgIpc) is 3.07. The van der Waals surface area contributed by atoms with Gasteiger partial charge in [0.1, 0.15) is 0 Å². The fraction of sp³-hybridized carbons (Fsp3) is 0.526. The topological polar surface area (TPSA) is 75.3 Å². The van der Waals surface area contributed by atoms with Crippen molar-refractivity contribution in [2.45, 2.75) is 53.0 Å². The molecule has 6 nitrogen and oxygen atoms in total. The molecular weight excluding hydrogens is 441 g/mol. The Balaban J connectivity index is 0.00000338. The largest absolute Gasteiger partial charge is 0.357 e. The minimum atomic E-state index is 0. The van der Waals surface area contributed by atoms with Crippen LogP contribution in [0.25, 0.3) is 0 Å². The van der Waals surface area contributed by atoms with Gasteiger partial charge in [0.05, 0.1) is 6.54 Å². The number of guanidine groups is 1. The third kappa shape index (κ3) is 7.72. The summed E-state index contributed by atoms with van der Waals surface area (Å²) in [6.07, 6.45) is 1.68. The molecule has 2 N–H and O–H groups in total. The van der Waals surface area contributed by atoms with Crippen LogP contribution in [0.15, 0.2) is 33.8 Å². The molecule has 0 aliphatic rings. The minimum absolute atomic E-state index is 0. The van der Waals surface area contributed by atoms with E-state index in [-0.39, 0.29) is 24.0 Å². The maximum absolute atomic E-state index is 5.26. The van der Waals surface area contributed by atoms with Gasteiger partial charge in [-0.05, 0) is 25.8 Å². The second-order valence-corrected chi connectivity index (χ2v) is 6.41. The highest BCUT2D eigenvalue weighted by Gasteiger charge is 2.09. The van der Waals surface area contributed by atoms with Gasteiger partial charge in [0.2, 0.25) is 5.89 Å². The second-order valence-electron chi connectivity index (χ2n) is 6.41. The van der Waals surface area contributed by atoms with Gasteiger partial charge in [-0.25, -0.2) is 4.99 Å². The third-order valence-electron chi connectivity index (χ3n) is 3.74. The van der Waals surface area contributed by atoms with Crippen molar-refractivity contribution >= 4 is 29.9 Å². The lowest BCUT2D eigenvalue weighted by molar-refractivity contribution is 0.368. The van der Waals surface area contributed by atoms with Crippen LogP contribution in [0.3, 0.4) is 0 Å². The number of hydrogen-bond acceptors (Lipinski definition) is 4. The number of benzene rings is 1. The summed E-state index contributed by atoms with van der Waals surface area (Å²) in [5.41, 5.74) is 2.47. The number of hydrogen-bond donors (Lipinski definition) is 2. The summed E-state index contributed by atoms with van der Waals surface area (Å²) in [6.45, 7) is 10.6. The number of aromatic nitrogens is 2. The Bertz CT molecular complexity index is 667. The maximum atomic E-state index is 5.26. The molecule has 1 aromatic carbocycles. The van der Waals surface area contributed by atoms with Gasteiger partial charge < -0.3 is 15.2 Å². The molecule has 0 fully saturated rings. The first-order chi connectivity index (χ1) is 12.1. The van der Waals surface area contributed by atoms with Crippen molar-refractivity contribution in [3.05, 3.63) is 47.1 Å². The lowest BCUT2D eigenvalue weighted by Gasteiger charge is -2.10. The van der Waals surface area contributed by atoms with E-state index in [1.165, 1.54) is 11.1 Å². The van der Waals surface area contributed by atoms with E-state index in [0.29, 0.717) is 18.4 Å². The Morgan fingerprint density at radius 3 is 2.54 bits per heavy atom. The molecule has 0 saturated heterocycles. The number of aliphatic imine (C=N–C) groups is 1. The monoisotopic (exact) mass is 471 g/mol. The van der Waals surface area contributed by atoms with Crippen LogP contribution in [0.5, 0.6) is 0 Å². The predicted molar refractivity (Wildman–Crippen MR) is 116 cm³/mol. The lowest BCUT2D eigenvalue weighted by Crippen LogP contribution is -2.37. The molecule has 0 saturated carbocycles. The van der Waals surface area contributed by atoms with Gasteiger partial charge >= 0.3 is 0 Å². The summed E-state index contributed by atoms with van der Waals surface area (Å²) in [4.78, 5) is 9.02. The Kier molecular flexibility index (Phi) is 10.2. The zero-order chi connectivity index (χ0) is 18.1. The molecular formula is C19H30IN5O. The van der Waals surface area contributed by atoms with Crippen LogP contribution in [0, 0.1) is 6.92 Å². The zero-order valence-corrected chi connectivity index (χ0v) is 18.4. The summed E-state index contributed by atoms with van der Waals surface area (Å²) in [5.74, 6) is 2.60. The molecule has 2 rings (SSSR count). The molecule has 0 unspecified atom stereocenters. The molecule has 7 heteroatoms. The molecule has 1 aromatic heterocycles. The van der Waals surface area contributed by atoms with Crippen molar-refractivity contribution in [3.63, 3.8) is 0 Å². The number of nitrogens with zero attached hydrogens (tertiary/aromatic N) is 3. The Morgan fingerprint density at radius 1 is 1.19 bits per heavy atom. The lowest BCUT2D eigenvalue weighted by atomic mass is 10.1. The standard InChI is InChI=1S/C19H29N5O.HI/c1-5-20-19(22-13-16-10-8-15(4)9-11-16)21-12-6-7-17-23-18(14(2)3)24-25-17;/h8-11,14H,5-7,12-13H2,1-4H3,(H2,20,21,22);1H. The highest BCUT2D eigenvalue weighted by molar-refractivity contribution is 14.0. The molecule has 0 amide bonds. The first kappa shape index (κ1) is 22.4. The van der Waals surface area contributed by atoms with Gasteiger partial charge in [-0.3, -0.25) is 0 Å². The number of halogens is 1. The van der Waals surface area contributed by atoms with E-state index in [9.17, 15) is 0 Å². The van der Waals surface area contributed by atoms with Gasteiger partial charge in [-0.15, -0.1) is 24.0 Å². The fourth-order valence-corrected chi connectivity index (χ4v) is 2.26. The summed E-state index contributed by atoms with van der Waals surface area (Å²) < 4.78 is 5.26. The first-order valence-corrected chi connectivity index (χ1v) is 8.98. The van der Waals surface area contributed by atoms with E-state index in [1.54, 1.807) is 0 Å². The highest BCUT2D eigenvalue weighted by Crippen LogP contribution is 2.10. The number of rotatable bonds is 8. The van der Waals surface area contributed by atoms with Gasteiger partial charge in [0.25, 0.3) is 0 Å². The van der Waals surface area contributed by atoms with Crippen LogP contribution in [-0.4, -0.2) is 29.2 Å². The molecule has 26 heavy (non-hydrogen) atoms. The third-order valence-corrected chi connectivity index (χ3v) is 3.74. The second kappa shape index (κ2) is 11.9. The molecule has 0 aliphatic heterocycles. The summed E-state index contributed by atoms with van der Waals surface area (Å²) in [6, 6.07) is 8.45. The molecule has 2 aromatic rings. The van der Waals surface area contributed by atoms with E-state index in [2.05, 4.69) is 77.7 Å². The molecule has 0 radical (unpaired) electrons. The quantitative estimate of drug-likeness (QED) is 0.265. The molecule has 144 valence electrons. The normalized spacial score (nSPS) is 11.3. The van der Waals surface area contributed by atoms with Gasteiger partial charge in [-0.2, -0.15) is 4.98 Å². The van der Waals surface area contributed by atoms with Gasteiger partial charge in [0, 0.05) is 25.4 Å². The van der Waals surface area contributed by atoms with Crippen LogP contribution in [0.4, 0.5) is 0 Å². The van der Waals surface area contributed by atoms with Crippen LogP contribution < -0.4 is 10.6 Å². The van der Waals surface area contributed by atoms with Crippen molar-refractivity contribution in [2.75, 3.05) is 13.1 Å². The van der Waals surface area contributed by atoms with Crippen LogP contribution in [0.2, 0.25) is 0 Å². The van der Waals surface area contributed by atoms with E-state index < -0.39 is 0 Å². The van der Waals surface area contributed by atoms with Crippen molar-refractivity contribution < 1.29 is 4.52 Å². The number of aryl methyl sites for hydroxylation is 2. The molecule has 0 atom stereocenters. The van der Waals surface area contributed by atoms with Crippen molar-refractivity contribution in [1.29, 1.82) is 0 Å². The Hall–Kier alpha value is -1.64. The smallest absolute Gasteiger partial charge is 0.226 e. The first-order valence-electron chi connectivity index (χ1n) is 8.98. The molecule has 0 spiro atoms. The van der Waals surface area contributed by atoms with Crippen LogP contribution in [-0.2, 0) is 13.0 Å². The minimum Gasteiger partial charge on any atom is -0.357 e. The zero-order valence-electron chi connectivity index (χ0n) is 16.1. The van der Waals surface area contributed by atoms with E-state index in [4.69, 9.17) is 4.52 Å². The Morgan fingerprint density at radius 2 is 1.92 bits per heavy atom. The van der Waals surface area contributed by atoms with E-state index in [0.717, 1.165) is 37.7 Å². The average molecular weight is 471 g/mol. The fourth-order valence-electron chi connectivity index (χ4n) is 2.26. The van der Waals surface area contributed by atoms with Crippen molar-refractivity contribution in [1.82, 2.24) is 20.8 Å². The van der Waals surface area contributed by atoms with Gasteiger partial charge in [-0.1, -0.05) is 48.8 Å².